The molecule has 0 fully saturated rings. The van der Waals surface area contributed by atoms with E-state index in [-0.39, 0.29) is 11.8 Å². The van der Waals surface area contributed by atoms with Crippen molar-refractivity contribution in [3.63, 3.8) is 0 Å². The third kappa shape index (κ3) is 5.11. The van der Waals surface area contributed by atoms with E-state index in [1.807, 2.05) is 31.2 Å². The average molecular weight is 407 g/mol. The van der Waals surface area contributed by atoms with Gasteiger partial charge in [0.25, 0.3) is 0 Å². The van der Waals surface area contributed by atoms with Crippen LogP contribution in [0.3, 0.4) is 0 Å². The van der Waals surface area contributed by atoms with E-state index in [0.29, 0.717) is 0 Å². The molecule has 2 aromatic carbocycles. The summed E-state index contributed by atoms with van der Waals surface area (Å²) in [4.78, 5) is 0. The Labute approximate surface area is 134 Å². The lowest BCUT2D eigenvalue weighted by Gasteiger charge is -2.16. The Morgan fingerprint density at radius 2 is 1.57 bits per heavy atom. The van der Waals surface area contributed by atoms with E-state index in [4.69, 9.17) is 0 Å². The fourth-order valence-corrected chi connectivity index (χ4v) is 2.20. The molecule has 2 nitrogen and oxygen atoms in total. The third-order valence-corrected chi connectivity index (χ3v) is 3.56. The van der Waals surface area contributed by atoms with Crippen LogP contribution in [-0.2, 0) is 0 Å². The minimum absolute atomic E-state index is 0.0522. The molecule has 21 heavy (non-hydrogen) atoms. The zero-order chi connectivity index (χ0) is 15.5. The van der Waals surface area contributed by atoms with Gasteiger partial charge in [0.15, 0.2) is 0 Å². The summed E-state index contributed by atoms with van der Waals surface area (Å²) in [5, 5.41) is 3.23. The van der Waals surface area contributed by atoms with Gasteiger partial charge in [-0.05, 0) is 71.5 Å². The zero-order valence-electron chi connectivity index (χ0n) is 11.1. The van der Waals surface area contributed by atoms with Crippen LogP contribution in [-0.4, -0.2) is 6.36 Å². The molecule has 0 aromatic heterocycles. The van der Waals surface area contributed by atoms with Crippen LogP contribution >= 0.6 is 22.6 Å². The van der Waals surface area contributed by atoms with Gasteiger partial charge in [0.05, 0.1) is 0 Å². The van der Waals surface area contributed by atoms with Gasteiger partial charge < -0.3 is 10.1 Å². The standard InChI is InChI=1S/C15H13F3INO/c1-10(11-2-4-12(19)5-3-11)20-13-6-8-14(9-7-13)21-15(16,17)18/h2-10,20H,1H3. The molecule has 1 atom stereocenters. The summed E-state index contributed by atoms with van der Waals surface area (Å²) in [5.74, 6) is -0.227. The van der Waals surface area contributed by atoms with E-state index in [9.17, 15) is 13.2 Å². The molecule has 6 heteroatoms. The topological polar surface area (TPSA) is 21.3 Å². The molecule has 0 heterocycles. The summed E-state index contributed by atoms with van der Waals surface area (Å²) in [7, 11) is 0. The van der Waals surface area contributed by atoms with E-state index in [0.717, 1.165) is 14.8 Å². The van der Waals surface area contributed by atoms with Crippen LogP contribution in [0.1, 0.15) is 18.5 Å². The number of nitrogens with one attached hydrogen (secondary N) is 1. The second-order valence-electron chi connectivity index (χ2n) is 4.49. The van der Waals surface area contributed by atoms with Crippen LogP contribution in [0.5, 0.6) is 5.75 Å². The number of anilines is 1. The first-order chi connectivity index (χ1) is 9.83. The van der Waals surface area contributed by atoms with Crippen LogP contribution < -0.4 is 10.1 Å². The summed E-state index contributed by atoms with van der Waals surface area (Å²) in [5.41, 5.74) is 1.83. The predicted octanol–water partition coefficient (Wildman–Crippen LogP) is 5.36. The maximum Gasteiger partial charge on any atom is 0.573 e. The number of hydrogen-bond donors (Lipinski definition) is 1. The highest BCUT2D eigenvalue weighted by atomic mass is 127. The number of halogens is 4. The van der Waals surface area contributed by atoms with Gasteiger partial charge in [0.2, 0.25) is 0 Å². The molecular weight excluding hydrogens is 394 g/mol. The average Bonchev–Trinajstić information content (AvgIpc) is 2.40. The minimum Gasteiger partial charge on any atom is -0.406 e. The van der Waals surface area contributed by atoms with Crippen molar-refractivity contribution in [1.82, 2.24) is 0 Å². The molecule has 1 unspecified atom stereocenters. The molecule has 0 aliphatic rings. The van der Waals surface area contributed by atoms with E-state index in [1.54, 1.807) is 12.1 Å². The van der Waals surface area contributed by atoms with Crippen molar-refractivity contribution in [2.75, 3.05) is 5.32 Å². The summed E-state index contributed by atoms with van der Waals surface area (Å²) >= 11 is 2.23. The lowest BCUT2D eigenvalue weighted by Crippen LogP contribution is -2.17. The van der Waals surface area contributed by atoms with Crippen LogP contribution in [0.4, 0.5) is 18.9 Å². The fraction of sp³-hybridized carbons (Fsp3) is 0.200. The highest BCUT2D eigenvalue weighted by Crippen LogP contribution is 2.26. The highest BCUT2D eigenvalue weighted by molar-refractivity contribution is 14.1. The van der Waals surface area contributed by atoms with E-state index in [1.165, 1.54) is 12.1 Å². The van der Waals surface area contributed by atoms with Gasteiger partial charge in [-0.1, -0.05) is 12.1 Å². The Morgan fingerprint density at radius 1 is 1.00 bits per heavy atom. The molecule has 0 bridgehead atoms. The maximum absolute atomic E-state index is 12.1. The molecular formula is C15H13F3INO. The molecule has 112 valence electrons. The first-order valence-corrected chi connectivity index (χ1v) is 7.29. The van der Waals surface area contributed by atoms with E-state index in [2.05, 4.69) is 32.6 Å². The Morgan fingerprint density at radius 3 is 2.10 bits per heavy atom. The predicted molar refractivity (Wildman–Crippen MR) is 84.3 cm³/mol. The molecule has 2 aromatic rings. The van der Waals surface area contributed by atoms with Gasteiger partial charge >= 0.3 is 6.36 Å². The van der Waals surface area contributed by atoms with Crippen LogP contribution in [0.25, 0.3) is 0 Å². The molecule has 2 rings (SSSR count). The van der Waals surface area contributed by atoms with Crippen LogP contribution in [0.15, 0.2) is 48.5 Å². The van der Waals surface area contributed by atoms with Crippen LogP contribution in [0.2, 0.25) is 0 Å². The maximum atomic E-state index is 12.1. The lowest BCUT2D eigenvalue weighted by atomic mass is 10.1. The normalized spacial score (nSPS) is 12.8. The molecule has 0 saturated carbocycles. The Kier molecular flexibility index (Phi) is 4.97. The van der Waals surface area contributed by atoms with E-state index >= 15 is 0 Å². The zero-order valence-corrected chi connectivity index (χ0v) is 13.3. The van der Waals surface area contributed by atoms with Gasteiger partial charge in [-0.15, -0.1) is 13.2 Å². The number of benzene rings is 2. The number of hydrogen-bond acceptors (Lipinski definition) is 2. The van der Waals surface area contributed by atoms with Crippen molar-refractivity contribution in [2.24, 2.45) is 0 Å². The van der Waals surface area contributed by atoms with Gasteiger partial charge in [-0.25, -0.2) is 0 Å². The van der Waals surface area contributed by atoms with Gasteiger partial charge in [0.1, 0.15) is 5.75 Å². The first kappa shape index (κ1) is 15.9. The molecule has 0 saturated heterocycles. The molecule has 0 aliphatic heterocycles. The molecule has 0 aliphatic carbocycles. The second kappa shape index (κ2) is 6.55. The first-order valence-electron chi connectivity index (χ1n) is 6.21. The molecule has 0 spiro atoms. The lowest BCUT2D eigenvalue weighted by molar-refractivity contribution is -0.274. The van der Waals surface area contributed by atoms with Gasteiger partial charge in [0, 0.05) is 15.3 Å². The largest absolute Gasteiger partial charge is 0.573 e. The van der Waals surface area contributed by atoms with Crippen molar-refractivity contribution in [2.45, 2.75) is 19.3 Å². The smallest absolute Gasteiger partial charge is 0.406 e. The molecule has 0 amide bonds. The summed E-state index contributed by atoms with van der Waals surface area (Å²) in [6.45, 7) is 1.99. The van der Waals surface area contributed by atoms with E-state index < -0.39 is 6.36 Å². The molecule has 1 N–H and O–H groups in total. The highest BCUT2D eigenvalue weighted by Gasteiger charge is 2.30. The fourth-order valence-electron chi connectivity index (χ4n) is 1.84. The Balaban J connectivity index is 2.01. The third-order valence-electron chi connectivity index (χ3n) is 2.84. The van der Waals surface area contributed by atoms with Crippen molar-refractivity contribution in [3.05, 3.63) is 57.7 Å². The van der Waals surface area contributed by atoms with Crippen molar-refractivity contribution < 1.29 is 17.9 Å². The number of rotatable bonds is 4. The van der Waals surface area contributed by atoms with Crippen molar-refractivity contribution >= 4 is 28.3 Å². The Bertz CT molecular complexity index is 581. The molecule has 0 radical (unpaired) electrons. The van der Waals surface area contributed by atoms with Gasteiger partial charge in [-0.2, -0.15) is 0 Å². The quantitative estimate of drug-likeness (QED) is 0.689. The summed E-state index contributed by atoms with van der Waals surface area (Å²) in [6.07, 6.45) is -4.66. The van der Waals surface area contributed by atoms with Crippen LogP contribution in [0, 0.1) is 3.57 Å². The second-order valence-corrected chi connectivity index (χ2v) is 5.74. The number of alkyl halides is 3. The van der Waals surface area contributed by atoms with Crippen molar-refractivity contribution in [3.8, 4) is 5.75 Å². The van der Waals surface area contributed by atoms with Gasteiger partial charge in [-0.3, -0.25) is 0 Å². The summed E-state index contributed by atoms with van der Waals surface area (Å²) < 4.78 is 41.2. The number of ether oxygens (including phenoxy) is 1. The Hall–Kier alpha value is -1.44. The van der Waals surface area contributed by atoms with Crippen molar-refractivity contribution in [1.29, 1.82) is 0 Å². The SMILES string of the molecule is CC(Nc1ccc(OC(F)(F)F)cc1)c1ccc(I)cc1. The monoisotopic (exact) mass is 407 g/mol. The minimum atomic E-state index is -4.66. The summed E-state index contributed by atoms with van der Waals surface area (Å²) in [6, 6.07) is 13.8.